The van der Waals surface area contributed by atoms with E-state index in [1.807, 2.05) is 13.0 Å². The minimum absolute atomic E-state index is 0.144. The van der Waals surface area contributed by atoms with E-state index < -0.39 is 4.92 Å². The first-order valence-corrected chi connectivity index (χ1v) is 9.97. The van der Waals surface area contributed by atoms with Crippen molar-refractivity contribution in [1.82, 2.24) is 0 Å². The lowest BCUT2D eigenvalue weighted by atomic mass is 10.1. The smallest absolute Gasteiger partial charge is 0.284 e. The lowest BCUT2D eigenvalue weighted by Crippen LogP contribution is -2.21. The minimum atomic E-state index is -0.500. The van der Waals surface area contributed by atoms with Crippen LogP contribution in [0.2, 0.25) is 5.02 Å². The van der Waals surface area contributed by atoms with Crippen molar-refractivity contribution in [2.45, 2.75) is 13.8 Å². The summed E-state index contributed by atoms with van der Waals surface area (Å²) < 4.78 is 10.9. The summed E-state index contributed by atoms with van der Waals surface area (Å²) in [5, 5.41) is 17.6. The molecule has 0 aliphatic carbocycles. The third-order valence-corrected chi connectivity index (χ3v) is 5.45. The van der Waals surface area contributed by atoms with Crippen LogP contribution in [0.15, 0.2) is 63.6 Å². The van der Waals surface area contributed by atoms with E-state index in [1.165, 1.54) is 18.2 Å². The molecule has 1 amide bonds. The molecule has 0 atom stereocenters. The number of nitro benzene ring substituents is 1. The first-order chi connectivity index (χ1) is 15.3. The summed E-state index contributed by atoms with van der Waals surface area (Å²) in [4.78, 5) is 23.9. The molecule has 8 nitrogen and oxygen atoms in total. The summed E-state index contributed by atoms with van der Waals surface area (Å²) in [5.74, 6) is 0.713. The highest BCUT2D eigenvalue weighted by molar-refractivity contribution is 6.33. The van der Waals surface area contributed by atoms with E-state index >= 15 is 0 Å². The van der Waals surface area contributed by atoms with Crippen molar-refractivity contribution >= 4 is 40.7 Å². The molecule has 0 saturated heterocycles. The molecular weight excluding hydrogens is 434 g/mol. The molecule has 0 saturated carbocycles. The predicted molar refractivity (Wildman–Crippen MR) is 122 cm³/mol. The Bertz CT molecular complexity index is 1310. The van der Waals surface area contributed by atoms with E-state index in [4.69, 9.17) is 20.8 Å². The molecule has 0 bridgehead atoms. The van der Waals surface area contributed by atoms with Gasteiger partial charge >= 0.3 is 0 Å². The average molecular weight is 452 g/mol. The third kappa shape index (κ3) is 3.88. The molecule has 9 heteroatoms. The number of ether oxygens (including phenoxy) is 1. The van der Waals surface area contributed by atoms with Gasteiger partial charge in [-0.15, -0.1) is 0 Å². The first-order valence-electron chi connectivity index (χ1n) is 9.59. The lowest BCUT2D eigenvalue weighted by molar-refractivity contribution is -0.384. The third-order valence-electron chi connectivity index (χ3n) is 5.04. The largest absolute Gasteiger partial charge is 0.497 e. The van der Waals surface area contributed by atoms with E-state index in [9.17, 15) is 14.9 Å². The van der Waals surface area contributed by atoms with Crippen LogP contribution in [0, 0.1) is 17.0 Å². The number of amides is 1. The van der Waals surface area contributed by atoms with Crippen molar-refractivity contribution in [1.29, 1.82) is 0 Å². The second kappa shape index (κ2) is 8.32. The molecular formula is C23H18ClN3O5. The molecule has 1 aromatic heterocycles. The molecule has 1 aliphatic heterocycles. The van der Waals surface area contributed by atoms with Gasteiger partial charge in [0.15, 0.2) is 0 Å². The molecule has 0 radical (unpaired) electrons. The number of anilines is 1. The molecule has 1 aliphatic rings. The molecule has 2 aromatic carbocycles. The van der Waals surface area contributed by atoms with Gasteiger partial charge in [-0.25, -0.2) is 0 Å². The number of carbonyl (C=O) groups is 1. The lowest BCUT2D eigenvalue weighted by Gasteiger charge is -2.12. The number of aryl methyl sites for hydroxylation is 1. The standard InChI is InChI=1S/C23H18ClN3O5/c1-13-4-5-15(10-20(13)24)26-23(28)19(14(2)25-26)11-17-7-9-22(32-17)18-8-6-16(31-3)12-21(18)27(29)30/h4-12H,1-3H3. The number of benzene rings is 2. The summed E-state index contributed by atoms with van der Waals surface area (Å²) >= 11 is 6.19. The van der Waals surface area contributed by atoms with E-state index in [2.05, 4.69) is 5.10 Å². The van der Waals surface area contributed by atoms with Crippen LogP contribution in [0.3, 0.4) is 0 Å². The maximum atomic E-state index is 13.0. The summed E-state index contributed by atoms with van der Waals surface area (Å²) in [7, 11) is 1.44. The number of hydrogen-bond acceptors (Lipinski definition) is 6. The van der Waals surface area contributed by atoms with Gasteiger partial charge in [-0.3, -0.25) is 14.9 Å². The summed E-state index contributed by atoms with van der Waals surface area (Å²) in [6.07, 6.45) is 1.57. The quantitative estimate of drug-likeness (QED) is 0.284. The molecule has 32 heavy (non-hydrogen) atoms. The van der Waals surface area contributed by atoms with Crippen LogP contribution in [0.1, 0.15) is 18.2 Å². The van der Waals surface area contributed by atoms with Crippen molar-refractivity contribution in [3.63, 3.8) is 0 Å². The molecule has 0 N–H and O–H groups in total. The zero-order valence-corrected chi connectivity index (χ0v) is 18.2. The van der Waals surface area contributed by atoms with Gasteiger partial charge in [0.2, 0.25) is 0 Å². The molecule has 3 aromatic rings. The van der Waals surface area contributed by atoms with E-state index in [-0.39, 0.29) is 11.6 Å². The number of furan rings is 1. The fourth-order valence-corrected chi connectivity index (χ4v) is 3.46. The van der Waals surface area contributed by atoms with Crippen LogP contribution in [0.5, 0.6) is 5.75 Å². The average Bonchev–Trinajstić information content (AvgIpc) is 3.35. The zero-order valence-electron chi connectivity index (χ0n) is 17.5. The maximum Gasteiger partial charge on any atom is 0.284 e. The fraction of sp³-hybridized carbons (Fsp3) is 0.130. The van der Waals surface area contributed by atoms with Crippen LogP contribution in [0.4, 0.5) is 11.4 Å². The van der Waals surface area contributed by atoms with Crippen molar-refractivity contribution in [2.24, 2.45) is 5.10 Å². The Kier molecular flexibility index (Phi) is 5.54. The highest BCUT2D eigenvalue weighted by Gasteiger charge is 2.29. The number of hydrogen-bond donors (Lipinski definition) is 0. The van der Waals surface area contributed by atoms with Crippen molar-refractivity contribution in [3.05, 3.63) is 80.6 Å². The maximum absolute atomic E-state index is 13.0. The topological polar surface area (TPSA) is 98.2 Å². The molecule has 2 heterocycles. The van der Waals surface area contributed by atoms with Crippen LogP contribution >= 0.6 is 11.6 Å². The van der Waals surface area contributed by atoms with Gasteiger partial charge in [0.05, 0.1) is 40.6 Å². The normalized spacial score (nSPS) is 14.8. The van der Waals surface area contributed by atoms with Crippen LogP contribution < -0.4 is 9.75 Å². The molecule has 0 spiro atoms. The van der Waals surface area contributed by atoms with Gasteiger partial charge < -0.3 is 9.15 Å². The summed E-state index contributed by atoms with van der Waals surface area (Å²) in [6.45, 7) is 3.59. The number of halogens is 1. The Balaban J connectivity index is 1.65. The molecule has 4 rings (SSSR count). The number of carbonyl (C=O) groups excluding carboxylic acids is 1. The second-order valence-electron chi connectivity index (χ2n) is 7.14. The molecule has 0 fully saturated rings. The van der Waals surface area contributed by atoms with Gasteiger partial charge in [0.1, 0.15) is 17.3 Å². The Hall–Kier alpha value is -3.91. The summed E-state index contributed by atoms with van der Waals surface area (Å²) in [5.41, 5.74) is 2.48. The zero-order chi connectivity index (χ0) is 23.0. The first kappa shape index (κ1) is 21.3. The Morgan fingerprint density at radius 1 is 1.16 bits per heavy atom. The van der Waals surface area contributed by atoms with Gasteiger partial charge in [-0.1, -0.05) is 17.7 Å². The van der Waals surface area contributed by atoms with Crippen molar-refractivity contribution in [3.8, 4) is 17.1 Å². The van der Waals surface area contributed by atoms with Gasteiger partial charge in [-0.05, 0) is 61.9 Å². The fourth-order valence-electron chi connectivity index (χ4n) is 3.29. The van der Waals surface area contributed by atoms with Gasteiger partial charge in [0.25, 0.3) is 11.6 Å². The van der Waals surface area contributed by atoms with Gasteiger partial charge in [-0.2, -0.15) is 10.1 Å². The minimum Gasteiger partial charge on any atom is -0.497 e. The second-order valence-corrected chi connectivity index (χ2v) is 7.54. The Morgan fingerprint density at radius 2 is 1.94 bits per heavy atom. The predicted octanol–water partition coefficient (Wildman–Crippen LogP) is 5.63. The SMILES string of the molecule is COc1ccc(-c2ccc(C=C3C(=O)N(c4ccc(C)c(Cl)c4)N=C3C)o2)c([N+](=O)[O-])c1. The molecule has 0 unspecified atom stereocenters. The van der Waals surface area contributed by atoms with Crippen molar-refractivity contribution in [2.75, 3.05) is 12.1 Å². The monoisotopic (exact) mass is 451 g/mol. The van der Waals surface area contributed by atoms with E-state index in [1.54, 1.807) is 49.4 Å². The summed E-state index contributed by atoms with van der Waals surface area (Å²) in [6, 6.07) is 13.0. The number of hydrazone groups is 1. The van der Waals surface area contributed by atoms with Crippen LogP contribution in [-0.4, -0.2) is 23.7 Å². The number of rotatable bonds is 5. The number of methoxy groups -OCH3 is 1. The van der Waals surface area contributed by atoms with E-state index in [0.29, 0.717) is 44.8 Å². The highest BCUT2D eigenvalue weighted by atomic mass is 35.5. The van der Waals surface area contributed by atoms with Crippen LogP contribution in [0.25, 0.3) is 17.4 Å². The molecule has 162 valence electrons. The Morgan fingerprint density at radius 3 is 2.62 bits per heavy atom. The van der Waals surface area contributed by atoms with E-state index in [0.717, 1.165) is 5.56 Å². The van der Waals surface area contributed by atoms with Gasteiger partial charge in [0, 0.05) is 5.02 Å². The Labute approximate surface area is 188 Å². The van der Waals surface area contributed by atoms with Crippen LogP contribution in [-0.2, 0) is 4.79 Å². The highest BCUT2D eigenvalue weighted by Crippen LogP contribution is 2.35. The number of nitro groups is 1. The number of nitrogens with zero attached hydrogens (tertiary/aromatic N) is 3. The van der Waals surface area contributed by atoms with Crippen molar-refractivity contribution < 1.29 is 18.9 Å².